The van der Waals surface area contributed by atoms with Gasteiger partial charge in [-0.15, -0.1) is 0 Å². The molecule has 0 spiro atoms. The summed E-state index contributed by atoms with van der Waals surface area (Å²) in [6.07, 6.45) is 0.726. The first-order valence-electron chi connectivity index (χ1n) is 11.4. The van der Waals surface area contributed by atoms with Gasteiger partial charge >= 0.3 is 0 Å². The number of sulfonamides is 1. The number of aromatic nitrogens is 2. The van der Waals surface area contributed by atoms with Crippen molar-refractivity contribution in [3.05, 3.63) is 65.6 Å². The normalized spacial score (nSPS) is 14.7. The second-order valence-electron chi connectivity index (χ2n) is 8.40. The molecule has 3 aromatic rings. The van der Waals surface area contributed by atoms with E-state index in [0.717, 1.165) is 23.5 Å². The van der Waals surface area contributed by atoms with Crippen LogP contribution in [0, 0.1) is 12.7 Å². The fourth-order valence-electron chi connectivity index (χ4n) is 4.22. The molecule has 35 heavy (non-hydrogen) atoms. The number of benzene rings is 2. The molecule has 1 aliphatic heterocycles. The highest BCUT2D eigenvalue weighted by molar-refractivity contribution is 7.89. The lowest BCUT2D eigenvalue weighted by atomic mass is 10.1. The Bertz CT molecular complexity index is 1340. The average molecular weight is 498 g/mol. The molecule has 4 rings (SSSR count). The van der Waals surface area contributed by atoms with Crippen LogP contribution < -0.4 is 10.2 Å². The van der Waals surface area contributed by atoms with E-state index in [1.165, 1.54) is 35.5 Å². The lowest BCUT2D eigenvalue weighted by Crippen LogP contribution is -2.49. The van der Waals surface area contributed by atoms with E-state index < -0.39 is 10.0 Å². The predicted octanol–water partition coefficient (Wildman–Crippen LogP) is 3.62. The molecule has 1 aromatic heterocycles. The van der Waals surface area contributed by atoms with Crippen LogP contribution in [-0.4, -0.2) is 54.8 Å². The van der Waals surface area contributed by atoms with Crippen LogP contribution in [0.25, 0.3) is 11.4 Å². The Balaban J connectivity index is 1.54. The number of aryl methyl sites for hydroxylation is 1. The van der Waals surface area contributed by atoms with Crippen molar-refractivity contribution in [2.75, 3.05) is 36.4 Å². The highest BCUT2D eigenvalue weighted by Gasteiger charge is 2.30. The zero-order valence-electron chi connectivity index (χ0n) is 20.0. The van der Waals surface area contributed by atoms with Gasteiger partial charge in [0.25, 0.3) is 0 Å². The minimum absolute atomic E-state index is 0.181. The van der Waals surface area contributed by atoms with E-state index in [4.69, 9.17) is 4.98 Å². The summed E-state index contributed by atoms with van der Waals surface area (Å²) in [6, 6.07) is 12.3. The van der Waals surface area contributed by atoms with Crippen LogP contribution in [0.2, 0.25) is 0 Å². The maximum atomic E-state index is 13.8. The molecule has 8 nitrogen and oxygen atoms in total. The Hall–Kier alpha value is -3.37. The second kappa shape index (κ2) is 10.1. The van der Waals surface area contributed by atoms with E-state index in [2.05, 4.69) is 15.2 Å². The molecular formula is C25H28FN5O3S. The highest BCUT2D eigenvalue weighted by atomic mass is 32.2. The Morgan fingerprint density at radius 3 is 2.34 bits per heavy atom. The van der Waals surface area contributed by atoms with E-state index in [9.17, 15) is 17.6 Å². The Kier molecular flexibility index (Phi) is 7.13. The van der Waals surface area contributed by atoms with Crippen molar-refractivity contribution >= 4 is 27.4 Å². The van der Waals surface area contributed by atoms with Crippen molar-refractivity contribution in [1.29, 1.82) is 0 Å². The van der Waals surface area contributed by atoms with Crippen molar-refractivity contribution < 1.29 is 17.6 Å². The highest BCUT2D eigenvalue weighted by Crippen LogP contribution is 2.28. The molecule has 1 N–H and O–H groups in total. The second-order valence-corrected chi connectivity index (χ2v) is 10.3. The van der Waals surface area contributed by atoms with Gasteiger partial charge in [0.15, 0.2) is 5.82 Å². The van der Waals surface area contributed by atoms with Gasteiger partial charge < -0.3 is 10.2 Å². The summed E-state index contributed by atoms with van der Waals surface area (Å²) >= 11 is 0. The average Bonchev–Trinajstić information content (AvgIpc) is 2.83. The standard InChI is InChI=1S/C25H28FN5O3S/c1-4-23-17(2)27-24(19-6-5-7-20(26)16-19)29-25(23)30-12-14-31(15-13-30)35(33,34)22-10-8-21(9-11-22)28-18(3)32/h5-11,16H,4,12-15H2,1-3H3,(H,28,32). The molecule has 1 fully saturated rings. The summed E-state index contributed by atoms with van der Waals surface area (Å²) in [5.41, 5.74) is 2.96. The van der Waals surface area contributed by atoms with Gasteiger partial charge in [-0.2, -0.15) is 4.31 Å². The number of anilines is 2. The van der Waals surface area contributed by atoms with Crippen LogP contribution in [0.5, 0.6) is 0 Å². The van der Waals surface area contributed by atoms with Crippen molar-refractivity contribution in [3.8, 4) is 11.4 Å². The van der Waals surface area contributed by atoms with Crippen LogP contribution in [0.1, 0.15) is 25.1 Å². The zero-order chi connectivity index (χ0) is 25.2. The van der Waals surface area contributed by atoms with Crippen molar-refractivity contribution in [2.24, 2.45) is 0 Å². The van der Waals surface area contributed by atoms with Crippen LogP contribution in [-0.2, 0) is 21.2 Å². The Labute approximate surface area is 204 Å². The molecule has 184 valence electrons. The summed E-state index contributed by atoms with van der Waals surface area (Å²) < 4.78 is 41.6. The third-order valence-corrected chi connectivity index (χ3v) is 7.89. The third-order valence-electron chi connectivity index (χ3n) is 5.98. The summed E-state index contributed by atoms with van der Waals surface area (Å²) in [5.74, 6) is 0.636. The molecule has 1 saturated heterocycles. The molecule has 1 amide bonds. The number of piperazine rings is 1. The number of hydrogen-bond donors (Lipinski definition) is 1. The van der Waals surface area contributed by atoms with E-state index in [-0.39, 0.29) is 16.6 Å². The van der Waals surface area contributed by atoms with Gasteiger partial charge in [-0.3, -0.25) is 4.79 Å². The Morgan fingerprint density at radius 1 is 1.06 bits per heavy atom. The molecule has 0 saturated carbocycles. The monoisotopic (exact) mass is 497 g/mol. The zero-order valence-corrected chi connectivity index (χ0v) is 20.8. The van der Waals surface area contributed by atoms with Gasteiger partial charge in [-0.25, -0.2) is 22.8 Å². The van der Waals surface area contributed by atoms with E-state index in [0.29, 0.717) is 43.3 Å². The van der Waals surface area contributed by atoms with Gasteiger partial charge in [-0.1, -0.05) is 19.1 Å². The molecule has 0 atom stereocenters. The molecule has 0 bridgehead atoms. The summed E-state index contributed by atoms with van der Waals surface area (Å²) in [7, 11) is -3.67. The quantitative estimate of drug-likeness (QED) is 0.559. The fraction of sp³-hybridized carbons (Fsp3) is 0.320. The Morgan fingerprint density at radius 2 is 1.74 bits per heavy atom. The van der Waals surface area contributed by atoms with Crippen LogP contribution in [0.15, 0.2) is 53.4 Å². The molecule has 2 aromatic carbocycles. The molecule has 10 heteroatoms. The maximum Gasteiger partial charge on any atom is 0.243 e. The minimum Gasteiger partial charge on any atom is -0.354 e. The third kappa shape index (κ3) is 5.33. The van der Waals surface area contributed by atoms with Crippen LogP contribution in [0.4, 0.5) is 15.9 Å². The summed E-state index contributed by atoms with van der Waals surface area (Å²) in [5, 5.41) is 2.63. The smallest absolute Gasteiger partial charge is 0.243 e. The fourth-order valence-corrected chi connectivity index (χ4v) is 5.64. The molecule has 0 aliphatic carbocycles. The summed E-state index contributed by atoms with van der Waals surface area (Å²) in [6.45, 7) is 6.88. The van der Waals surface area contributed by atoms with Gasteiger partial charge in [0.1, 0.15) is 11.6 Å². The van der Waals surface area contributed by atoms with Gasteiger partial charge in [0.05, 0.1) is 4.90 Å². The van der Waals surface area contributed by atoms with Crippen molar-refractivity contribution in [3.63, 3.8) is 0 Å². The summed E-state index contributed by atoms with van der Waals surface area (Å²) in [4.78, 5) is 22.8. The van der Waals surface area contributed by atoms with Gasteiger partial charge in [-0.05, 0) is 49.7 Å². The van der Waals surface area contributed by atoms with Gasteiger partial charge in [0.2, 0.25) is 15.9 Å². The van der Waals surface area contributed by atoms with Crippen LogP contribution in [0.3, 0.4) is 0 Å². The molecule has 2 heterocycles. The maximum absolute atomic E-state index is 13.8. The lowest BCUT2D eigenvalue weighted by molar-refractivity contribution is -0.114. The number of carbonyl (C=O) groups is 1. The van der Waals surface area contributed by atoms with Gasteiger partial charge in [0, 0.05) is 55.6 Å². The number of amides is 1. The number of rotatable bonds is 6. The van der Waals surface area contributed by atoms with E-state index >= 15 is 0 Å². The number of hydrogen-bond acceptors (Lipinski definition) is 6. The van der Waals surface area contributed by atoms with Crippen molar-refractivity contribution in [2.45, 2.75) is 32.1 Å². The van der Waals surface area contributed by atoms with Crippen molar-refractivity contribution in [1.82, 2.24) is 14.3 Å². The topological polar surface area (TPSA) is 95.5 Å². The number of nitrogens with zero attached hydrogens (tertiary/aromatic N) is 4. The SMILES string of the molecule is CCc1c(C)nc(-c2cccc(F)c2)nc1N1CCN(S(=O)(=O)c2ccc(NC(C)=O)cc2)CC1. The number of halogens is 1. The number of nitrogens with one attached hydrogen (secondary N) is 1. The first-order chi connectivity index (χ1) is 16.7. The largest absolute Gasteiger partial charge is 0.354 e. The lowest BCUT2D eigenvalue weighted by Gasteiger charge is -2.35. The first kappa shape index (κ1) is 24.7. The van der Waals surface area contributed by atoms with E-state index in [1.807, 2.05) is 13.8 Å². The number of carbonyl (C=O) groups excluding carboxylic acids is 1. The molecular weight excluding hydrogens is 469 g/mol. The molecule has 0 radical (unpaired) electrons. The van der Waals surface area contributed by atoms with E-state index in [1.54, 1.807) is 24.3 Å². The minimum atomic E-state index is -3.67. The molecule has 0 unspecified atom stereocenters. The first-order valence-corrected chi connectivity index (χ1v) is 12.9. The predicted molar refractivity (Wildman–Crippen MR) is 133 cm³/mol. The molecule has 1 aliphatic rings. The van der Waals surface area contributed by atoms with Crippen LogP contribution >= 0.6 is 0 Å².